The predicted molar refractivity (Wildman–Crippen MR) is 368 cm³/mol. The highest BCUT2D eigenvalue weighted by Crippen LogP contribution is 2.71. The van der Waals surface area contributed by atoms with E-state index < -0.39 is 0 Å². The van der Waals surface area contributed by atoms with Crippen LogP contribution in [0.5, 0.6) is 0 Å². The van der Waals surface area contributed by atoms with Crippen molar-refractivity contribution in [3.05, 3.63) is 37.2 Å². The fourth-order valence-corrected chi connectivity index (χ4v) is 26.1. The molecular weight excluding hydrogens is 1250 g/mol. The number of nitrogens with zero attached hydrogens (tertiary/aromatic N) is 8. The number of ketones is 3. The van der Waals surface area contributed by atoms with Crippen LogP contribution in [-0.4, -0.2) is 143 Å². The Balaban J connectivity index is 0.000000158. The van der Waals surface area contributed by atoms with Crippen LogP contribution >= 0.6 is 15.9 Å². The van der Waals surface area contributed by atoms with E-state index in [1.54, 1.807) is 41.9 Å². The van der Waals surface area contributed by atoms with Gasteiger partial charge in [0.2, 0.25) is 0 Å². The molecule has 530 valence electrons. The molecule has 0 unspecified atom stereocenters. The highest BCUT2D eigenvalue weighted by Gasteiger charge is 2.66. The number of carbonyl (C=O) groups is 3. The standard InChI is InChI=1S/2C24H37N3O3.C22H35BrO3.C2H3N3.3CH4/c1-23-9-8-20-18(4-3-16-13-17(28)7-10-24(16,20)15-30-2)19(23)5-6-21(23)22(29)14-27-12-11-25-26-27;1-23-9-8-20-18(4-3-16-13-17(28)7-10-24(16,20)15-30-2)19(23)5-6-21(23)22(29)14-27-25-11-12-26-27;1-21-9-8-18-16(17(21)5-6-19(21)20(25)12-23)4-3-14-11-15(24)7-10-22(14,18)13-26-2;1-2-4-5-3-1;;;/h2*11-12,16-21,28H,3-10,13-15H2,1-2H3;14-19,24H,3-13H2,1-2H3;1-2H,(H,3,4,5);3*1H4/t2*16-,17+,18-,19-,20-,21+,23-,24+;14-,15+,16-,17-,18-,19+,21-,22+;;;;/m000..../s1. The van der Waals surface area contributed by atoms with Gasteiger partial charge in [-0.05, 0) is 277 Å². The molecule has 0 amide bonds. The number of halogens is 1. The average Bonchev–Trinajstić information content (AvgIpc) is 1.34. The maximum atomic E-state index is 13.2. The van der Waals surface area contributed by atoms with Crippen molar-refractivity contribution in [2.24, 2.45) is 121 Å². The number of methoxy groups -OCH3 is 3. The number of hydrogen-bond acceptors (Lipinski definition) is 15. The van der Waals surface area contributed by atoms with Crippen molar-refractivity contribution in [3.8, 4) is 0 Å². The van der Waals surface area contributed by atoms with E-state index in [9.17, 15) is 29.7 Å². The molecule has 15 rings (SSSR count). The molecule has 0 aliphatic heterocycles. The normalized spacial score (nSPS) is 43.4. The summed E-state index contributed by atoms with van der Waals surface area (Å²) in [4.78, 5) is 40.5. The summed E-state index contributed by atoms with van der Waals surface area (Å²) in [7, 11) is 5.55. The summed E-state index contributed by atoms with van der Waals surface area (Å²) < 4.78 is 19.1. The van der Waals surface area contributed by atoms with E-state index in [1.165, 1.54) is 88.3 Å². The van der Waals surface area contributed by atoms with Crippen LogP contribution in [0.2, 0.25) is 0 Å². The number of aromatic nitrogens is 9. The number of Topliss-reactive ketones (excluding diaryl/α,β-unsaturated/α-hetero) is 3. The summed E-state index contributed by atoms with van der Waals surface area (Å²) in [6.45, 7) is 10.4. The Kier molecular flexibility index (Phi) is 24.7. The Morgan fingerprint density at radius 1 is 0.468 bits per heavy atom. The number of nitrogens with one attached hydrogen (secondary N) is 1. The van der Waals surface area contributed by atoms with Gasteiger partial charge in [-0.25, -0.2) is 4.68 Å². The molecule has 19 heteroatoms. The third-order valence-electron chi connectivity index (χ3n) is 29.4. The summed E-state index contributed by atoms with van der Waals surface area (Å²) in [5.41, 5.74) is 1.19. The Hall–Kier alpha value is -3.33. The van der Waals surface area contributed by atoms with Crippen molar-refractivity contribution in [1.29, 1.82) is 0 Å². The van der Waals surface area contributed by atoms with Gasteiger partial charge in [0.05, 0.1) is 74.4 Å². The second-order valence-corrected chi connectivity index (χ2v) is 33.2. The van der Waals surface area contributed by atoms with Crippen molar-refractivity contribution < 1.29 is 43.9 Å². The van der Waals surface area contributed by atoms with Gasteiger partial charge in [0.15, 0.2) is 11.6 Å². The van der Waals surface area contributed by atoms with Crippen molar-refractivity contribution in [2.75, 3.05) is 46.5 Å². The van der Waals surface area contributed by atoms with E-state index in [0.29, 0.717) is 94.9 Å². The number of rotatable bonds is 14. The molecule has 0 bridgehead atoms. The molecule has 12 aliphatic rings. The van der Waals surface area contributed by atoms with Gasteiger partial charge in [-0.15, -0.1) is 5.10 Å². The zero-order valence-corrected chi connectivity index (χ0v) is 57.5. The molecule has 12 saturated carbocycles. The Morgan fingerprint density at radius 3 is 1.17 bits per heavy atom. The SMILES string of the molecule is C.C.C.COC[C@]12CC[C@@H](O)C[C@@H]1CC[C@H]1[C@@H]3CC[C@H](C(=O)CBr)[C@@]3(C)CC[C@@H]12.COC[C@]12CC[C@@H](O)C[C@@H]1CC[C@H]1[C@@H]3CC[C@H](C(=O)Cn4ccnn4)[C@@]3(C)CC[C@@H]12.COC[C@]12CC[C@@H](O)C[C@@H]1CC[C@H]1[C@@H]3CC[C@H](C(=O)Cn4nccn4)[C@@]3(C)CC[C@@H]12.c1cn[nH]n1. The number of fused-ring (bicyclic) bond motifs is 15. The average molecular weight is 1380 g/mol. The van der Waals surface area contributed by atoms with Crippen LogP contribution in [-0.2, 0) is 41.7 Å². The van der Waals surface area contributed by atoms with Crippen LogP contribution in [0.25, 0.3) is 0 Å². The van der Waals surface area contributed by atoms with E-state index >= 15 is 0 Å². The number of aliphatic hydroxyl groups excluding tert-OH is 3. The third kappa shape index (κ3) is 13.6. The van der Waals surface area contributed by atoms with Crippen LogP contribution in [0.1, 0.15) is 216 Å². The number of carbonyl (C=O) groups excluding carboxylic acids is 3. The van der Waals surface area contributed by atoms with Gasteiger partial charge in [-0.2, -0.15) is 30.4 Å². The fourth-order valence-electron chi connectivity index (χ4n) is 25.7. The molecule has 0 saturated heterocycles. The first-order valence-corrected chi connectivity index (χ1v) is 37.2. The van der Waals surface area contributed by atoms with Crippen LogP contribution in [0.4, 0.5) is 0 Å². The number of aliphatic hydroxyl groups is 3. The highest BCUT2D eigenvalue weighted by atomic mass is 79.9. The minimum atomic E-state index is -0.130. The van der Waals surface area contributed by atoms with E-state index in [4.69, 9.17) is 14.2 Å². The molecule has 12 fully saturated rings. The Bertz CT molecular complexity index is 2720. The molecule has 12 aliphatic carbocycles. The first-order valence-electron chi connectivity index (χ1n) is 36.0. The van der Waals surface area contributed by atoms with E-state index in [1.807, 2.05) is 21.3 Å². The molecule has 3 aromatic heterocycles. The quantitative estimate of drug-likeness (QED) is 0.110. The van der Waals surface area contributed by atoms with Gasteiger partial charge in [-0.3, -0.25) is 14.4 Å². The topological polar surface area (TPSA) is 243 Å². The maximum absolute atomic E-state index is 13.2. The van der Waals surface area contributed by atoms with E-state index in [2.05, 4.69) is 72.6 Å². The molecule has 4 N–H and O–H groups in total. The molecule has 0 aromatic carbocycles. The molecule has 0 spiro atoms. The lowest BCUT2D eigenvalue weighted by Gasteiger charge is -2.61. The summed E-state index contributed by atoms with van der Waals surface area (Å²) in [6, 6.07) is 0. The molecule has 0 radical (unpaired) electrons. The van der Waals surface area contributed by atoms with Crippen molar-refractivity contribution in [1.82, 2.24) is 45.4 Å². The van der Waals surface area contributed by atoms with Crippen LogP contribution in [0, 0.1) is 121 Å². The zero-order valence-electron chi connectivity index (χ0n) is 55.9. The Labute approximate surface area is 572 Å². The maximum Gasteiger partial charge on any atom is 0.159 e. The van der Waals surface area contributed by atoms with Gasteiger partial charge in [0.1, 0.15) is 18.9 Å². The minimum absolute atomic E-state index is 0. The van der Waals surface area contributed by atoms with Gasteiger partial charge >= 0.3 is 0 Å². The van der Waals surface area contributed by atoms with Crippen molar-refractivity contribution in [2.45, 2.75) is 248 Å². The molecule has 24 atom stereocenters. The zero-order chi connectivity index (χ0) is 63.9. The summed E-state index contributed by atoms with van der Waals surface area (Å²) in [6.07, 6.45) is 39.9. The number of H-pyrrole nitrogens is 1. The van der Waals surface area contributed by atoms with Gasteiger partial charge in [0, 0.05) is 45.3 Å². The van der Waals surface area contributed by atoms with Crippen LogP contribution in [0.3, 0.4) is 0 Å². The van der Waals surface area contributed by atoms with E-state index in [-0.39, 0.29) is 90.8 Å². The molecule has 3 aromatic rings. The first kappa shape index (κ1) is 74.9. The molecule has 94 heavy (non-hydrogen) atoms. The molecular formula is C75H124BrN9O9. The van der Waals surface area contributed by atoms with Crippen LogP contribution < -0.4 is 0 Å². The highest BCUT2D eigenvalue weighted by molar-refractivity contribution is 9.09. The van der Waals surface area contributed by atoms with Crippen molar-refractivity contribution >= 4 is 33.3 Å². The summed E-state index contributed by atoms with van der Waals surface area (Å²) >= 11 is 3.42. The molecule has 18 nitrogen and oxygen atoms in total. The third-order valence-corrected chi connectivity index (χ3v) is 30.0. The molecule has 3 heterocycles. The lowest BCUT2D eigenvalue weighted by atomic mass is 9.44. The fraction of sp³-hybridized carbons (Fsp3) is 0.880. The monoisotopic (exact) mass is 1370 g/mol. The minimum Gasteiger partial charge on any atom is -0.393 e. The summed E-state index contributed by atoms with van der Waals surface area (Å²) in [5.74, 6) is 9.68. The second kappa shape index (κ2) is 31.1. The van der Waals surface area contributed by atoms with E-state index in [0.717, 1.165) is 122 Å². The lowest BCUT2D eigenvalue weighted by Crippen LogP contribution is -2.57. The summed E-state index contributed by atoms with van der Waals surface area (Å²) in [5, 5.41) is 56.9. The number of hydrogen-bond donors (Lipinski definition) is 4. The number of aromatic amines is 1. The first-order chi connectivity index (χ1) is 43.9. The largest absolute Gasteiger partial charge is 0.393 e. The van der Waals surface area contributed by atoms with Gasteiger partial charge in [-0.1, -0.05) is 64.2 Å². The van der Waals surface area contributed by atoms with Crippen LogP contribution in [0.15, 0.2) is 37.2 Å². The predicted octanol–water partition coefficient (Wildman–Crippen LogP) is 13.3. The smallest absolute Gasteiger partial charge is 0.159 e. The lowest BCUT2D eigenvalue weighted by molar-refractivity contribution is -0.161. The van der Waals surface area contributed by atoms with Crippen molar-refractivity contribution in [3.63, 3.8) is 0 Å². The van der Waals surface area contributed by atoms with Gasteiger partial charge < -0.3 is 29.5 Å². The number of alkyl halides is 1. The van der Waals surface area contributed by atoms with Gasteiger partial charge in [0.25, 0.3) is 0 Å². The number of ether oxygens (including phenoxy) is 3. The second-order valence-electron chi connectivity index (χ2n) is 32.6. The Morgan fingerprint density at radius 2 is 0.840 bits per heavy atom.